The minimum Gasteiger partial charge on any atom is -1.00 e. The molecule has 1 aromatic carbocycles. The van der Waals surface area contributed by atoms with E-state index in [1.165, 1.54) is 33.4 Å². The molecule has 1 aliphatic carbocycles. The summed E-state index contributed by atoms with van der Waals surface area (Å²) in [6.45, 7) is 15.4. The second-order valence-corrected chi connectivity index (χ2v) is 6.45. The maximum Gasteiger partial charge on any atom is 2.00 e. The van der Waals surface area contributed by atoms with Crippen LogP contribution in [0, 0.1) is 19.3 Å². The average molecular weight is 533 g/mol. The van der Waals surface area contributed by atoms with E-state index in [1.54, 1.807) is 0 Å². The van der Waals surface area contributed by atoms with Crippen molar-refractivity contribution in [3.05, 3.63) is 56.7 Å². The number of hydrogen-bond donors (Lipinski definition) is 2. The van der Waals surface area contributed by atoms with E-state index < -0.39 is 0 Å². The van der Waals surface area contributed by atoms with Crippen LogP contribution >= 0.6 is 0 Å². The summed E-state index contributed by atoms with van der Waals surface area (Å²) in [5.41, 5.74) is 15.8. The van der Waals surface area contributed by atoms with Gasteiger partial charge in [-0.1, -0.05) is 23.3 Å². The quantitative estimate of drug-likeness (QED) is 0.355. The number of hydrogen-bond acceptors (Lipinski definition) is 1. The molecule has 5 heteroatoms. The molecule has 0 heterocycles. The Morgan fingerprint density at radius 3 is 1.67 bits per heavy atom. The van der Waals surface area contributed by atoms with Crippen molar-refractivity contribution < 1.29 is 60.2 Å². The zero-order valence-electron chi connectivity index (χ0n) is 15.5. The fourth-order valence-corrected chi connectivity index (χ4v) is 3.65. The summed E-state index contributed by atoms with van der Waals surface area (Å²) in [7, 11) is 0. The number of halogens is 2. The third-order valence-electron chi connectivity index (χ3n) is 5.80. The molecule has 2 nitrogen and oxygen atoms in total. The van der Waals surface area contributed by atoms with Gasteiger partial charge in [-0.3, -0.25) is 5.41 Å². The predicted molar refractivity (Wildman–Crippen MR) is 91.0 cm³/mol. The van der Waals surface area contributed by atoms with Crippen LogP contribution < -0.4 is 39.7 Å². The van der Waals surface area contributed by atoms with Crippen LogP contribution in [-0.2, 0) is 31.6 Å². The van der Waals surface area contributed by atoms with E-state index in [2.05, 4.69) is 54.5 Å². The SMILES string of the molecule is CC1=C(C)C(C)(c2ccc(C(=N)N)c(C)c2C)C(C)=C1C.[Br-].[Br-].[Zr+2]. The van der Waals surface area contributed by atoms with Crippen molar-refractivity contribution in [2.75, 3.05) is 0 Å². The van der Waals surface area contributed by atoms with Gasteiger partial charge < -0.3 is 39.7 Å². The molecule has 0 radical (unpaired) electrons. The summed E-state index contributed by atoms with van der Waals surface area (Å²) in [5, 5.41) is 7.70. The molecule has 130 valence electrons. The summed E-state index contributed by atoms with van der Waals surface area (Å²) in [5.74, 6) is 0.144. The molecule has 24 heavy (non-hydrogen) atoms. The maximum atomic E-state index is 7.70. The monoisotopic (exact) mass is 530 g/mol. The van der Waals surface area contributed by atoms with Crippen LogP contribution in [0.1, 0.15) is 56.9 Å². The number of rotatable bonds is 2. The van der Waals surface area contributed by atoms with E-state index in [4.69, 9.17) is 11.1 Å². The minimum atomic E-state index is -0.0433. The standard InChI is InChI=1S/C19H26N2.2BrH.Zr/c1-10-11(2)15(6)19(7,14(10)5)17-9-8-16(18(20)21)12(3)13(17)4;;;/h8-9H,1-7H3,(H3,20,21);2*1H;/q;;;+2/p-2. The van der Waals surface area contributed by atoms with E-state index in [-0.39, 0.29) is 71.4 Å². The summed E-state index contributed by atoms with van der Waals surface area (Å²) >= 11 is 0. The Balaban J connectivity index is 0. The first-order valence-electron chi connectivity index (χ1n) is 7.45. The van der Waals surface area contributed by atoms with Gasteiger partial charge in [-0.15, -0.1) is 0 Å². The Labute approximate surface area is 186 Å². The number of nitrogens with one attached hydrogen (secondary N) is 1. The van der Waals surface area contributed by atoms with Crippen molar-refractivity contribution in [1.29, 1.82) is 5.41 Å². The molecule has 2 rings (SSSR count). The minimum absolute atomic E-state index is 0. The van der Waals surface area contributed by atoms with E-state index in [0.29, 0.717) is 0 Å². The van der Waals surface area contributed by atoms with Gasteiger partial charge in [0.25, 0.3) is 0 Å². The molecule has 0 atom stereocenters. The Kier molecular flexibility index (Phi) is 9.95. The summed E-state index contributed by atoms with van der Waals surface area (Å²) in [6.07, 6.45) is 0. The van der Waals surface area contributed by atoms with Crippen molar-refractivity contribution >= 4 is 5.84 Å². The summed E-state index contributed by atoms with van der Waals surface area (Å²) in [4.78, 5) is 0. The number of amidine groups is 1. The van der Waals surface area contributed by atoms with Crippen LogP contribution in [0.15, 0.2) is 34.4 Å². The van der Waals surface area contributed by atoms with E-state index in [1.807, 2.05) is 6.07 Å². The predicted octanol–water partition coefficient (Wildman–Crippen LogP) is -1.46. The van der Waals surface area contributed by atoms with Gasteiger partial charge in [-0.25, -0.2) is 0 Å². The third kappa shape index (κ3) is 3.74. The van der Waals surface area contributed by atoms with Gasteiger partial charge in [0.05, 0.1) is 0 Å². The Hall–Kier alpha value is 0.0131. The molecule has 0 amide bonds. The first kappa shape index (κ1) is 26.2. The van der Waals surface area contributed by atoms with Gasteiger partial charge in [-0.05, 0) is 76.3 Å². The van der Waals surface area contributed by atoms with Crippen LogP contribution in [0.4, 0.5) is 0 Å². The molecule has 0 bridgehead atoms. The smallest absolute Gasteiger partial charge is 1.00 e. The second kappa shape index (κ2) is 9.10. The molecule has 0 saturated heterocycles. The van der Waals surface area contributed by atoms with E-state index in [9.17, 15) is 0 Å². The van der Waals surface area contributed by atoms with Crippen molar-refractivity contribution in [1.82, 2.24) is 0 Å². The van der Waals surface area contributed by atoms with Crippen LogP contribution in [0.25, 0.3) is 0 Å². The van der Waals surface area contributed by atoms with Crippen LogP contribution in [-0.4, -0.2) is 5.84 Å². The molecule has 0 spiro atoms. The molecule has 1 aliphatic rings. The zero-order valence-corrected chi connectivity index (χ0v) is 21.1. The van der Waals surface area contributed by atoms with Crippen LogP contribution in [0.5, 0.6) is 0 Å². The van der Waals surface area contributed by atoms with Gasteiger partial charge in [0.15, 0.2) is 0 Å². The molecule has 0 saturated carbocycles. The average Bonchev–Trinajstić information content (AvgIpc) is 2.58. The first-order chi connectivity index (χ1) is 9.63. The molecule has 0 aromatic heterocycles. The van der Waals surface area contributed by atoms with Gasteiger partial charge in [0, 0.05) is 11.0 Å². The Bertz CT molecular complexity index is 694. The van der Waals surface area contributed by atoms with Crippen LogP contribution in [0.3, 0.4) is 0 Å². The molecule has 1 aromatic rings. The molecular formula is C19H26Br2N2Zr. The van der Waals surface area contributed by atoms with Gasteiger partial charge in [-0.2, -0.15) is 0 Å². The summed E-state index contributed by atoms with van der Waals surface area (Å²) < 4.78 is 0. The van der Waals surface area contributed by atoms with Gasteiger partial charge in [0.1, 0.15) is 5.84 Å². The number of nitrogen functional groups attached to an aromatic ring is 1. The topological polar surface area (TPSA) is 49.9 Å². The molecule has 0 fully saturated rings. The zero-order chi connectivity index (χ0) is 16.1. The van der Waals surface area contributed by atoms with Crippen molar-refractivity contribution in [2.24, 2.45) is 5.73 Å². The largest absolute Gasteiger partial charge is 2.00 e. The van der Waals surface area contributed by atoms with E-state index in [0.717, 1.165) is 11.1 Å². The Morgan fingerprint density at radius 1 is 0.875 bits per heavy atom. The molecule has 0 unspecified atom stereocenters. The number of nitrogens with two attached hydrogens (primary N) is 1. The van der Waals surface area contributed by atoms with Crippen molar-refractivity contribution in [3.8, 4) is 0 Å². The second-order valence-electron chi connectivity index (χ2n) is 6.45. The Morgan fingerprint density at radius 2 is 1.29 bits per heavy atom. The van der Waals surface area contributed by atoms with Gasteiger partial charge in [0.2, 0.25) is 0 Å². The fraction of sp³-hybridized carbons (Fsp3) is 0.421. The molecule has 3 N–H and O–H groups in total. The normalized spacial score (nSPS) is 15.5. The van der Waals surface area contributed by atoms with E-state index >= 15 is 0 Å². The van der Waals surface area contributed by atoms with Crippen LogP contribution in [0.2, 0.25) is 0 Å². The summed E-state index contributed by atoms with van der Waals surface area (Å²) in [6, 6.07) is 4.15. The van der Waals surface area contributed by atoms with Crippen molar-refractivity contribution in [3.63, 3.8) is 0 Å². The number of allylic oxidation sites excluding steroid dienone is 4. The maximum absolute atomic E-state index is 7.70. The third-order valence-corrected chi connectivity index (χ3v) is 5.80. The van der Waals surface area contributed by atoms with Gasteiger partial charge >= 0.3 is 26.2 Å². The number of benzene rings is 1. The van der Waals surface area contributed by atoms with Crippen molar-refractivity contribution in [2.45, 2.75) is 53.9 Å². The molecular weight excluding hydrogens is 507 g/mol. The first-order valence-corrected chi connectivity index (χ1v) is 7.45. The fourth-order valence-electron chi connectivity index (χ4n) is 3.65. The molecule has 0 aliphatic heterocycles.